The molecule has 1 aliphatic rings. The number of nitrogens with zero attached hydrogens (tertiary/aromatic N) is 1. The second-order valence-electron chi connectivity index (χ2n) is 6.86. The molecule has 0 aliphatic carbocycles. The Morgan fingerprint density at radius 3 is 3.04 bits per heavy atom. The van der Waals surface area contributed by atoms with E-state index in [0.29, 0.717) is 13.0 Å². The van der Waals surface area contributed by atoms with E-state index >= 15 is 0 Å². The van der Waals surface area contributed by atoms with E-state index in [-0.39, 0.29) is 17.9 Å². The highest BCUT2D eigenvalue weighted by Gasteiger charge is 2.13. The van der Waals surface area contributed by atoms with Crippen LogP contribution in [0.2, 0.25) is 0 Å². The van der Waals surface area contributed by atoms with Gasteiger partial charge in [0.15, 0.2) is 0 Å². The summed E-state index contributed by atoms with van der Waals surface area (Å²) in [6.45, 7) is 3.51. The number of hydrogen-bond acceptors (Lipinski definition) is 3. The van der Waals surface area contributed by atoms with E-state index in [9.17, 15) is 9.18 Å². The number of aryl methyl sites for hydroxylation is 2. The minimum atomic E-state index is -0.291. The number of fused-ring (bicyclic) bond motifs is 1. The van der Waals surface area contributed by atoms with Crippen LogP contribution >= 0.6 is 0 Å². The highest BCUT2D eigenvalue weighted by atomic mass is 19.1. The predicted molar refractivity (Wildman–Crippen MR) is 105 cm³/mol. The van der Waals surface area contributed by atoms with Crippen molar-refractivity contribution < 1.29 is 9.18 Å². The van der Waals surface area contributed by atoms with Gasteiger partial charge in [-0.1, -0.05) is 25.1 Å². The van der Waals surface area contributed by atoms with E-state index in [1.807, 2.05) is 13.0 Å². The van der Waals surface area contributed by atoms with Gasteiger partial charge < -0.3 is 16.0 Å². The topological polar surface area (TPSA) is 66.0 Å². The second-order valence-corrected chi connectivity index (χ2v) is 6.86. The van der Waals surface area contributed by atoms with Crippen LogP contribution in [0, 0.1) is 5.82 Å². The van der Waals surface area contributed by atoms with E-state index in [1.165, 1.54) is 17.7 Å². The molecule has 5 nitrogen and oxygen atoms in total. The van der Waals surface area contributed by atoms with E-state index in [4.69, 9.17) is 0 Å². The van der Waals surface area contributed by atoms with Crippen molar-refractivity contribution in [2.24, 2.45) is 0 Å². The summed E-state index contributed by atoms with van der Waals surface area (Å²) in [6, 6.07) is 10.1. The fourth-order valence-electron chi connectivity index (χ4n) is 3.33. The lowest BCUT2D eigenvalue weighted by Crippen LogP contribution is -2.38. The number of benzene rings is 1. The average molecular weight is 370 g/mol. The maximum atomic E-state index is 13.4. The SMILES string of the molecule is CCC(NC(=O)NCCCc1ccc2c(n1)NCCC2)c1cccc(F)c1. The monoisotopic (exact) mass is 370 g/mol. The molecule has 1 unspecified atom stereocenters. The number of amides is 2. The van der Waals surface area contributed by atoms with Gasteiger partial charge in [-0.2, -0.15) is 0 Å². The van der Waals surface area contributed by atoms with Crippen LogP contribution in [0.5, 0.6) is 0 Å². The van der Waals surface area contributed by atoms with Gasteiger partial charge in [0.05, 0.1) is 6.04 Å². The molecule has 1 aromatic heterocycles. The van der Waals surface area contributed by atoms with Crippen molar-refractivity contribution in [1.29, 1.82) is 0 Å². The van der Waals surface area contributed by atoms with Crippen molar-refractivity contribution in [2.45, 2.75) is 45.1 Å². The van der Waals surface area contributed by atoms with Gasteiger partial charge in [-0.3, -0.25) is 0 Å². The maximum absolute atomic E-state index is 13.4. The summed E-state index contributed by atoms with van der Waals surface area (Å²) in [5.74, 6) is 0.713. The standard InChI is InChI=1S/C21H27FN4O/c1-2-19(16-6-3-8-17(22)14-16)26-21(27)24-13-5-9-18-11-10-15-7-4-12-23-20(15)25-18/h3,6,8,10-11,14,19H,2,4-5,7,9,12-13H2,1H3,(H,23,25)(H2,24,26,27). The molecule has 1 aliphatic heterocycles. The summed E-state index contributed by atoms with van der Waals surface area (Å²) < 4.78 is 13.4. The number of urea groups is 1. The third-order valence-electron chi connectivity index (χ3n) is 4.81. The fraction of sp³-hybridized carbons (Fsp3) is 0.429. The Morgan fingerprint density at radius 2 is 2.22 bits per heavy atom. The largest absolute Gasteiger partial charge is 0.370 e. The molecule has 0 saturated carbocycles. The summed E-state index contributed by atoms with van der Waals surface area (Å²) in [7, 11) is 0. The van der Waals surface area contributed by atoms with Crippen LogP contribution in [0.3, 0.4) is 0 Å². The van der Waals surface area contributed by atoms with Crippen molar-refractivity contribution in [1.82, 2.24) is 15.6 Å². The van der Waals surface area contributed by atoms with E-state index in [0.717, 1.165) is 49.3 Å². The van der Waals surface area contributed by atoms with Crippen LogP contribution in [0.25, 0.3) is 0 Å². The first-order valence-corrected chi connectivity index (χ1v) is 9.68. The minimum Gasteiger partial charge on any atom is -0.370 e. The van der Waals surface area contributed by atoms with E-state index in [1.54, 1.807) is 6.07 Å². The molecule has 2 aromatic rings. The Hall–Kier alpha value is -2.63. The molecule has 0 bridgehead atoms. The van der Waals surface area contributed by atoms with Crippen LogP contribution in [0.15, 0.2) is 36.4 Å². The number of carbonyl (C=O) groups is 1. The second kappa shape index (κ2) is 9.35. The van der Waals surface area contributed by atoms with Gasteiger partial charge in [0, 0.05) is 18.8 Å². The third-order valence-corrected chi connectivity index (χ3v) is 4.81. The number of hydrogen-bond donors (Lipinski definition) is 3. The molecular formula is C21H27FN4O. The molecule has 0 radical (unpaired) electrons. The average Bonchev–Trinajstić information content (AvgIpc) is 2.69. The quantitative estimate of drug-likeness (QED) is 0.646. The van der Waals surface area contributed by atoms with Gasteiger partial charge in [-0.25, -0.2) is 14.2 Å². The summed E-state index contributed by atoms with van der Waals surface area (Å²) in [6.07, 6.45) is 4.57. The number of anilines is 1. The first-order chi connectivity index (χ1) is 13.2. The van der Waals surface area contributed by atoms with E-state index in [2.05, 4.69) is 33.1 Å². The summed E-state index contributed by atoms with van der Waals surface area (Å²) in [5.41, 5.74) is 3.10. The molecular weight excluding hydrogens is 343 g/mol. The lowest BCUT2D eigenvalue weighted by Gasteiger charge is -2.18. The molecule has 1 atom stereocenters. The fourth-order valence-corrected chi connectivity index (χ4v) is 3.33. The predicted octanol–water partition coefficient (Wildman–Crippen LogP) is 3.96. The van der Waals surface area contributed by atoms with E-state index < -0.39 is 0 Å². The van der Waals surface area contributed by atoms with Gasteiger partial charge in [-0.05, 0) is 61.4 Å². The summed E-state index contributed by atoms with van der Waals surface area (Å²) >= 11 is 0. The van der Waals surface area contributed by atoms with Crippen molar-refractivity contribution in [2.75, 3.05) is 18.4 Å². The van der Waals surface area contributed by atoms with Crippen molar-refractivity contribution in [3.63, 3.8) is 0 Å². The zero-order chi connectivity index (χ0) is 19.1. The number of nitrogens with one attached hydrogen (secondary N) is 3. The molecule has 2 amide bonds. The normalized spacial score (nSPS) is 14.0. The molecule has 144 valence electrons. The van der Waals surface area contributed by atoms with Crippen LogP contribution in [0.1, 0.15) is 49.0 Å². The molecule has 0 saturated heterocycles. The van der Waals surface area contributed by atoms with Crippen LogP contribution < -0.4 is 16.0 Å². The third kappa shape index (κ3) is 5.42. The zero-order valence-electron chi connectivity index (χ0n) is 15.7. The molecule has 3 N–H and O–H groups in total. The zero-order valence-corrected chi connectivity index (χ0v) is 15.7. The number of halogens is 1. The Kier molecular flexibility index (Phi) is 6.63. The Morgan fingerprint density at radius 1 is 1.33 bits per heavy atom. The van der Waals surface area contributed by atoms with Crippen molar-refractivity contribution >= 4 is 11.8 Å². The summed E-state index contributed by atoms with van der Waals surface area (Å²) in [5, 5.41) is 9.13. The van der Waals surface area contributed by atoms with Gasteiger partial charge in [0.25, 0.3) is 0 Å². The van der Waals surface area contributed by atoms with Gasteiger partial charge >= 0.3 is 6.03 Å². The van der Waals surface area contributed by atoms with Gasteiger partial charge in [0.1, 0.15) is 11.6 Å². The summed E-state index contributed by atoms with van der Waals surface area (Å²) in [4.78, 5) is 16.8. The van der Waals surface area contributed by atoms with Crippen molar-refractivity contribution in [3.8, 4) is 0 Å². The van der Waals surface area contributed by atoms with Crippen molar-refractivity contribution in [3.05, 3.63) is 59.0 Å². The number of pyridine rings is 1. The van der Waals surface area contributed by atoms with Gasteiger partial charge in [-0.15, -0.1) is 0 Å². The molecule has 27 heavy (non-hydrogen) atoms. The Bertz CT molecular complexity index is 781. The molecule has 0 spiro atoms. The Labute approximate surface area is 159 Å². The maximum Gasteiger partial charge on any atom is 0.315 e. The lowest BCUT2D eigenvalue weighted by atomic mass is 10.0. The smallest absolute Gasteiger partial charge is 0.315 e. The Balaban J connectivity index is 1.42. The molecule has 0 fully saturated rings. The van der Waals surface area contributed by atoms with Crippen LogP contribution in [0.4, 0.5) is 15.0 Å². The molecule has 6 heteroatoms. The highest BCUT2D eigenvalue weighted by molar-refractivity contribution is 5.74. The minimum absolute atomic E-state index is 0.200. The van der Waals surface area contributed by atoms with Gasteiger partial charge in [0.2, 0.25) is 0 Å². The van der Waals surface area contributed by atoms with Crippen LogP contribution in [-0.4, -0.2) is 24.1 Å². The number of aromatic nitrogens is 1. The molecule has 3 rings (SSSR count). The molecule has 2 heterocycles. The molecule has 1 aromatic carbocycles. The first kappa shape index (κ1) is 19.1. The lowest BCUT2D eigenvalue weighted by molar-refractivity contribution is 0.236. The highest BCUT2D eigenvalue weighted by Crippen LogP contribution is 2.20. The first-order valence-electron chi connectivity index (χ1n) is 9.68. The number of rotatable bonds is 7. The number of carbonyl (C=O) groups excluding carboxylic acids is 1. The van der Waals surface area contributed by atoms with Crippen LogP contribution in [-0.2, 0) is 12.8 Å².